The molecule has 4 aromatic rings. The van der Waals surface area contributed by atoms with Crippen LogP contribution in [-0.2, 0) is 5.60 Å². The zero-order valence-corrected chi connectivity index (χ0v) is 14.3. The zero-order valence-electron chi connectivity index (χ0n) is 14.3. The molecule has 4 N–H and O–H groups in total. The number of nitrogens with two attached hydrogens (primary N) is 1. The van der Waals surface area contributed by atoms with E-state index in [1.807, 2.05) is 0 Å². The predicted molar refractivity (Wildman–Crippen MR) is 97.5 cm³/mol. The van der Waals surface area contributed by atoms with Gasteiger partial charge in [0.15, 0.2) is 17.2 Å². The van der Waals surface area contributed by atoms with E-state index >= 15 is 0 Å². The molecule has 1 unspecified atom stereocenters. The van der Waals surface area contributed by atoms with Gasteiger partial charge in [0.1, 0.15) is 17.0 Å². The molecular weight excluding hydrogens is 346 g/mol. The number of anilines is 1. The van der Waals surface area contributed by atoms with Crippen LogP contribution in [0.4, 0.5) is 5.82 Å². The van der Waals surface area contributed by atoms with Gasteiger partial charge in [0.2, 0.25) is 5.82 Å². The van der Waals surface area contributed by atoms with E-state index in [1.54, 1.807) is 37.4 Å². The lowest BCUT2D eigenvalue weighted by Crippen LogP contribution is -2.18. The van der Waals surface area contributed by atoms with Crippen LogP contribution < -0.4 is 5.73 Å². The van der Waals surface area contributed by atoms with Gasteiger partial charge in [-0.3, -0.25) is 0 Å². The largest absolute Gasteiger partial charge is 0.508 e. The van der Waals surface area contributed by atoms with Crippen molar-refractivity contribution in [1.29, 1.82) is 0 Å². The number of aromatic nitrogens is 4. The molecule has 8 heteroatoms. The van der Waals surface area contributed by atoms with Crippen LogP contribution in [0.15, 0.2) is 53.3 Å². The van der Waals surface area contributed by atoms with Crippen LogP contribution in [0.2, 0.25) is 0 Å². The number of fused-ring (bicyclic) bond motifs is 1. The molecule has 0 amide bonds. The first-order valence-corrected chi connectivity index (χ1v) is 8.04. The van der Waals surface area contributed by atoms with Crippen molar-refractivity contribution in [2.24, 2.45) is 0 Å². The summed E-state index contributed by atoms with van der Waals surface area (Å²) >= 11 is 0. The van der Waals surface area contributed by atoms with E-state index in [2.05, 4.69) is 26.9 Å². The minimum atomic E-state index is -1.43. The van der Waals surface area contributed by atoms with Gasteiger partial charge in [-0.1, -0.05) is 18.1 Å². The third-order valence-electron chi connectivity index (χ3n) is 3.95. The number of nitrogen functional groups attached to an aromatic ring is 1. The molecule has 0 fully saturated rings. The van der Waals surface area contributed by atoms with Crippen LogP contribution in [-0.4, -0.2) is 29.8 Å². The molecule has 3 aromatic heterocycles. The predicted octanol–water partition coefficient (Wildman–Crippen LogP) is 1.93. The SMILES string of the molecule is CC(O)(C#Cc1cn2nc(-c3ccco3)nc2c(N)n1)c1ccc(O)cc1. The Kier molecular flexibility index (Phi) is 3.79. The Bertz CT molecular complexity index is 1170. The molecule has 0 aliphatic rings. The van der Waals surface area contributed by atoms with E-state index < -0.39 is 5.60 Å². The molecule has 0 aliphatic heterocycles. The molecule has 1 atom stereocenters. The van der Waals surface area contributed by atoms with Crippen molar-refractivity contribution >= 4 is 11.5 Å². The summed E-state index contributed by atoms with van der Waals surface area (Å²) in [6.45, 7) is 1.55. The van der Waals surface area contributed by atoms with E-state index in [1.165, 1.54) is 22.9 Å². The molecule has 0 bridgehead atoms. The van der Waals surface area contributed by atoms with Crippen LogP contribution >= 0.6 is 0 Å². The Balaban J connectivity index is 1.70. The van der Waals surface area contributed by atoms with Crippen molar-refractivity contribution in [1.82, 2.24) is 19.6 Å². The van der Waals surface area contributed by atoms with Gasteiger partial charge in [0.25, 0.3) is 0 Å². The molecule has 8 nitrogen and oxygen atoms in total. The lowest BCUT2D eigenvalue weighted by atomic mass is 9.96. The van der Waals surface area contributed by atoms with Crippen LogP contribution in [0.3, 0.4) is 0 Å². The van der Waals surface area contributed by atoms with Gasteiger partial charge in [-0.15, -0.1) is 5.10 Å². The maximum absolute atomic E-state index is 10.6. The van der Waals surface area contributed by atoms with Crippen molar-refractivity contribution in [2.75, 3.05) is 5.73 Å². The summed E-state index contributed by atoms with van der Waals surface area (Å²) in [6.07, 6.45) is 3.11. The quantitative estimate of drug-likeness (QED) is 0.466. The maximum atomic E-state index is 10.6. The van der Waals surface area contributed by atoms with Gasteiger partial charge in [0.05, 0.1) is 12.5 Å². The Labute approximate surface area is 153 Å². The summed E-state index contributed by atoms with van der Waals surface area (Å²) in [5.41, 5.74) is 5.80. The standard InChI is InChI=1S/C19H15N5O3/c1-19(26,12-4-6-14(25)7-5-12)9-8-13-11-24-18(16(20)21-13)22-17(23-24)15-3-2-10-27-15/h2-7,10-11,25-26H,1H3,(H2,20,21). The lowest BCUT2D eigenvalue weighted by Gasteiger charge is -2.16. The summed E-state index contributed by atoms with van der Waals surface area (Å²) in [5.74, 6) is 6.75. The Morgan fingerprint density at radius 3 is 2.67 bits per heavy atom. The topological polar surface area (TPSA) is 123 Å². The Morgan fingerprint density at radius 1 is 1.19 bits per heavy atom. The van der Waals surface area contributed by atoms with E-state index in [0.29, 0.717) is 28.5 Å². The third kappa shape index (κ3) is 3.19. The average molecular weight is 361 g/mol. The van der Waals surface area contributed by atoms with E-state index in [0.717, 1.165) is 0 Å². The molecule has 27 heavy (non-hydrogen) atoms. The van der Waals surface area contributed by atoms with Crippen molar-refractivity contribution < 1.29 is 14.6 Å². The van der Waals surface area contributed by atoms with E-state index in [4.69, 9.17) is 10.2 Å². The van der Waals surface area contributed by atoms with Crippen molar-refractivity contribution in [3.8, 4) is 29.2 Å². The van der Waals surface area contributed by atoms with Crippen LogP contribution in [0.25, 0.3) is 17.2 Å². The first kappa shape index (κ1) is 16.6. The highest BCUT2D eigenvalue weighted by Crippen LogP contribution is 2.22. The highest BCUT2D eigenvalue weighted by Gasteiger charge is 2.20. The first-order valence-electron chi connectivity index (χ1n) is 8.04. The lowest BCUT2D eigenvalue weighted by molar-refractivity contribution is 0.122. The van der Waals surface area contributed by atoms with Gasteiger partial charge in [-0.2, -0.15) is 0 Å². The fourth-order valence-corrected chi connectivity index (χ4v) is 2.53. The fourth-order valence-electron chi connectivity index (χ4n) is 2.53. The smallest absolute Gasteiger partial charge is 0.218 e. The second-order valence-electron chi connectivity index (χ2n) is 6.06. The van der Waals surface area contributed by atoms with Crippen molar-refractivity contribution in [3.05, 3.63) is 60.1 Å². The molecule has 0 saturated carbocycles. The second kappa shape index (κ2) is 6.16. The Morgan fingerprint density at radius 2 is 1.96 bits per heavy atom. The third-order valence-corrected chi connectivity index (χ3v) is 3.95. The fraction of sp³-hybridized carbons (Fsp3) is 0.105. The zero-order chi connectivity index (χ0) is 19.0. The summed E-state index contributed by atoms with van der Waals surface area (Å²) in [5, 5.41) is 24.3. The van der Waals surface area contributed by atoms with Crippen LogP contribution in [0.5, 0.6) is 5.75 Å². The Hall–Kier alpha value is -3.83. The molecule has 0 saturated heterocycles. The number of hydrogen-bond donors (Lipinski definition) is 3. The van der Waals surface area contributed by atoms with Crippen molar-refractivity contribution in [3.63, 3.8) is 0 Å². The molecule has 0 spiro atoms. The molecule has 0 aliphatic carbocycles. The average Bonchev–Trinajstić information content (AvgIpc) is 3.30. The number of aromatic hydroxyl groups is 1. The number of phenolic OH excluding ortho intramolecular Hbond substituents is 1. The minimum absolute atomic E-state index is 0.112. The van der Waals surface area contributed by atoms with Crippen LogP contribution in [0.1, 0.15) is 18.2 Å². The van der Waals surface area contributed by atoms with Crippen molar-refractivity contribution in [2.45, 2.75) is 12.5 Å². The van der Waals surface area contributed by atoms with Crippen LogP contribution in [0, 0.1) is 11.8 Å². The summed E-state index contributed by atoms with van der Waals surface area (Å²) < 4.78 is 6.76. The molecular formula is C19H15N5O3. The maximum Gasteiger partial charge on any atom is 0.218 e. The molecule has 1 aromatic carbocycles. The summed E-state index contributed by atoms with van der Waals surface area (Å²) in [6, 6.07) is 9.65. The molecule has 0 radical (unpaired) electrons. The molecule has 3 heterocycles. The number of furan rings is 1. The van der Waals surface area contributed by atoms with Gasteiger partial charge in [0, 0.05) is 0 Å². The molecule has 4 rings (SSSR count). The highest BCUT2D eigenvalue weighted by molar-refractivity contribution is 5.64. The van der Waals surface area contributed by atoms with E-state index in [-0.39, 0.29) is 11.6 Å². The summed E-state index contributed by atoms with van der Waals surface area (Å²) in [4.78, 5) is 8.52. The van der Waals surface area contributed by atoms with Gasteiger partial charge in [-0.25, -0.2) is 14.5 Å². The normalized spacial score (nSPS) is 13.1. The number of benzene rings is 1. The number of rotatable bonds is 2. The minimum Gasteiger partial charge on any atom is -0.508 e. The van der Waals surface area contributed by atoms with Gasteiger partial charge in [-0.05, 0) is 42.7 Å². The molecule has 134 valence electrons. The monoisotopic (exact) mass is 361 g/mol. The van der Waals surface area contributed by atoms with E-state index in [9.17, 15) is 10.2 Å². The van der Waals surface area contributed by atoms with Gasteiger partial charge >= 0.3 is 0 Å². The number of aliphatic hydroxyl groups is 1. The van der Waals surface area contributed by atoms with Gasteiger partial charge < -0.3 is 20.4 Å². The first-order chi connectivity index (χ1) is 12.9. The highest BCUT2D eigenvalue weighted by atomic mass is 16.3. The number of nitrogens with zero attached hydrogens (tertiary/aromatic N) is 4. The number of hydrogen-bond acceptors (Lipinski definition) is 7. The second-order valence-corrected chi connectivity index (χ2v) is 6.06. The number of phenols is 1. The summed E-state index contributed by atoms with van der Waals surface area (Å²) in [7, 11) is 0.